The van der Waals surface area contributed by atoms with E-state index in [2.05, 4.69) is 5.32 Å². The fourth-order valence-electron chi connectivity index (χ4n) is 2.80. The van der Waals surface area contributed by atoms with Crippen LogP contribution in [0.4, 0.5) is 5.69 Å². The SMILES string of the molecule is COc1ccccc1NC(=O)[C@@H](C)OC(=O)COc1ccc2c(C)cc(=O)oc2c1. The van der Waals surface area contributed by atoms with Crippen molar-refractivity contribution in [1.82, 2.24) is 0 Å². The topological polar surface area (TPSA) is 104 Å². The number of anilines is 1. The van der Waals surface area contributed by atoms with Crippen molar-refractivity contribution in [3.8, 4) is 11.5 Å². The molecule has 2 aromatic carbocycles. The van der Waals surface area contributed by atoms with Gasteiger partial charge in [0.1, 0.15) is 17.1 Å². The molecule has 1 atom stereocenters. The second-order valence-electron chi connectivity index (χ2n) is 6.52. The summed E-state index contributed by atoms with van der Waals surface area (Å²) in [5.41, 5.74) is 1.14. The summed E-state index contributed by atoms with van der Waals surface area (Å²) < 4.78 is 20.8. The molecule has 0 aliphatic carbocycles. The number of nitrogens with one attached hydrogen (secondary N) is 1. The molecule has 8 nitrogen and oxygen atoms in total. The van der Waals surface area contributed by atoms with Crippen molar-refractivity contribution >= 4 is 28.5 Å². The van der Waals surface area contributed by atoms with Gasteiger partial charge in [-0.2, -0.15) is 0 Å². The summed E-state index contributed by atoms with van der Waals surface area (Å²) >= 11 is 0. The third-order valence-electron chi connectivity index (χ3n) is 4.32. The van der Waals surface area contributed by atoms with Crippen molar-refractivity contribution in [2.75, 3.05) is 19.0 Å². The normalized spacial score (nSPS) is 11.6. The molecule has 156 valence electrons. The van der Waals surface area contributed by atoms with Crippen LogP contribution in [0, 0.1) is 6.92 Å². The molecule has 0 radical (unpaired) electrons. The lowest BCUT2D eigenvalue weighted by molar-refractivity contribution is -0.155. The van der Waals surface area contributed by atoms with Crippen molar-refractivity contribution < 1.29 is 28.2 Å². The van der Waals surface area contributed by atoms with Crippen molar-refractivity contribution in [3.63, 3.8) is 0 Å². The molecule has 1 amide bonds. The second kappa shape index (κ2) is 9.13. The summed E-state index contributed by atoms with van der Waals surface area (Å²) in [6, 6.07) is 13.2. The first kappa shape index (κ1) is 20.9. The molecule has 0 fully saturated rings. The van der Waals surface area contributed by atoms with Crippen LogP contribution in [-0.4, -0.2) is 31.7 Å². The lowest BCUT2D eigenvalue weighted by Gasteiger charge is -2.15. The maximum absolute atomic E-state index is 12.3. The van der Waals surface area contributed by atoms with Crippen molar-refractivity contribution in [2.45, 2.75) is 20.0 Å². The molecule has 0 aliphatic rings. The molecule has 0 spiro atoms. The number of carbonyl (C=O) groups excluding carboxylic acids is 2. The van der Waals surface area contributed by atoms with E-state index in [4.69, 9.17) is 18.6 Å². The van der Waals surface area contributed by atoms with Crippen molar-refractivity contribution in [2.24, 2.45) is 0 Å². The molecule has 3 aromatic rings. The molecule has 1 N–H and O–H groups in total. The van der Waals surface area contributed by atoms with Gasteiger partial charge in [-0.15, -0.1) is 0 Å². The van der Waals surface area contributed by atoms with Crippen molar-refractivity contribution in [3.05, 3.63) is 64.5 Å². The highest BCUT2D eigenvalue weighted by Gasteiger charge is 2.19. The Hall–Kier alpha value is -3.81. The predicted octanol–water partition coefficient (Wildman–Crippen LogP) is 3.06. The van der Waals surface area contributed by atoms with Gasteiger partial charge >= 0.3 is 11.6 Å². The third-order valence-corrected chi connectivity index (χ3v) is 4.32. The zero-order valence-electron chi connectivity index (χ0n) is 16.8. The molecule has 1 heterocycles. The van der Waals surface area contributed by atoms with E-state index in [0.717, 1.165) is 10.9 Å². The number of carbonyl (C=O) groups is 2. The van der Waals surface area contributed by atoms with E-state index in [1.165, 1.54) is 26.2 Å². The van der Waals surface area contributed by atoms with Crippen LogP contribution in [0.5, 0.6) is 11.5 Å². The number of para-hydroxylation sites is 2. The Bertz CT molecular complexity index is 1140. The largest absolute Gasteiger partial charge is 0.495 e. The molecule has 0 saturated carbocycles. The first-order valence-electron chi connectivity index (χ1n) is 9.18. The molecule has 3 rings (SSSR count). The first-order valence-corrected chi connectivity index (χ1v) is 9.18. The van der Waals surface area contributed by atoms with Crippen LogP contribution in [0.25, 0.3) is 11.0 Å². The Kier molecular flexibility index (Phi) is 6.36. The number of hydrogen-bond donors (Lipinski definition) is 1. The molecule has 1 aromatic heterocycles. The quantitative estimate of drug-likeness (QED) is 0.471. The fraction of sp³-hybridized carbons (Fsp3) is 0.227. The average molecular weight is 411 g/mol. The molecular formula is C22H21NO7. The minimum absolute atomic E-state index is 0.333. The maximum atomic E-state index is 12.3. The second-order valence-corrected chi connectivity index (χ2v) is 6.52. The number of methoxy groups -OCH3 is 1. The molecule has 0 saturated heterocycles. The number of benzene rings is 2. The summed E-state index contributed by atoms with van der Waals surface area (Å²) in [5, 5.41) is 3.42. The monoisotopic (exact) mass is 411 g/mol. The van der Waals surface area contributed by atoms with E-state index >= 15 is 0 Å². The Labute approximate surface area is 172 Å². The minimum Gasteiger partial charge on any atom is -0.495 e. The lowest BCUT2D eigenvalue weighted by atomic mass is 10.1. The molecule has 30 heavy (non-hydrogen) atoms. The molecule has 0 aliphatic heterocycles. The van der Waals surface area contributed by atoms with E-state index in [-0.39, 0.29) is 0 Å². The van der Waals surface area contributed by atoms with Crippen LogP contribution >= 0.6 is 0 Å². The van der Waals surface area contributed by atoms with Crippen LogP contribution in [0.3, 0.4) is 0 Å². The van der Waals surface area contributed by atoms with Gasteiger partial charge < -0.3 is 23.9 Å². The zero-order valence-corrected chi connectivity index (χ0v) is 16.8. The van der Waals surface area contributed by atoms with Gasteiger partial charge in [0.25, 0.3) is 5.91 Å². The van der Waals surface area contributed by atoms with Crippen LogP contribution in [0.15, 0.2) is 57.7 Å². The third kappa shape index (κ3) is 4.96. The summed E-state index contributed by atoms with van der Waals surface area (Å²) in [6.45, 7) is 2.85. The first-order chi connectivity index (χ1) is 14.4. The van der Waals surface area contributed by atoms with E-state index in [1.807, 2.05) is 0 Å². The van der Waals surface area contributed by atoms with Gasteiger partial charge in [0, 0.05) is 17.5 Å². The van der Waals surface area contributed by atoms with E-state index < -0.39 is 30.2 Å². The predicted molar refractivity (Wildman–Crippen MR) is 110 cm³/mol. The molecule has 0 bridgehead atoms. The number of esters is 1. The van der Waals surface area contributed by atoms with Crippen LogP contribution < -0.4 is 20.4 Å². The average Bonchev–Trinajstić information content (AvgIpc) is 2.72. The Morgan fingerprint density at radius 2 is 1.90 bits per heavy atom. The van der Waals surface area contributed by atoms with Gasteiger partial charge in [0.2, 0.25) is 0 Å². The van der Waals surface area contributed by atoms with E-state index in [9.17, 15) is 14.4 Å². The maximum Gasteiger partial charge on any atom is 0.344 e. The Morgan fingerprint density at radius 3 is 2.67 bits per heavy atom. The highest BCUT2D eigenvalue weighted by atomic mass is 16.6. The summed E-state index contributed by atoms with van der Waals surface area (Å²) in [6.07, 6.45) is -1.04. The van der Waals surface area contributed by atoms with Gasteiger partial charge in [-0.05, 0) is 43.7 Å². The number of fused-ring (bicyclic) bond motifs is 1. The number of rotatable bonds is 7. The van der Waals surface area contributed by atoms with E-state index in [0.29, 0.717) is 22.8 Å². The summed E-state index contributed by atoms with van der Waals surface area (Å²) in [4.78, 5) is 35.8. The number of amides is 1. The highest BCUT2D eigenvalue weighted by Crippen LogP contribution is 2.24. The summed E-state index contributed by atoms with van der Waals surface area (Å²) in [5.74, 6) is -0.399. The molecular weight excluding hydrogens is 390 g/mol. The van der Waals surface area contributed by atoms with Gasteiger partial charge in [0.05, 0.1) is 12.8 Å². The number of aryl methyl sites for hydroxylation is 1. The van der Waals surface area contributed by atoms with Gasteiger partial charge in [-0.1, -0.05) is 12.1 Å². The van der Waals surface area contributed by atoms with Crippen LogP contribution in [-0.2, 0) is 14.3 Å². The Balaban J connectivity index is 1.57. The fourth-order valence-corrected chi connectivity index (χ4v) is 2.80. The zero-order chi connectivity index (χ0) is 21.7. The lowest BCUT2D eigenvalue weighted by Crippen LogP contribution is -2.31. The highest BCUT2D eigenvalue weighted by molar-refractivity contribution is 5.96. The van der Waals surface area contributed by atoms with Gasteiger partial charge in [-0.3, -0.25) is 4.79 Å². The Morgan fingerprint density at radius 1 is 1.13 bits per heavy atom. The van der Waals surface area contributed by atoms with E-state index in [1.54, 1.807) is 43.3 Å². The molecule has 8 heteroatoms. The minimum atomic E-state index is -1.04. The van der Waals surface area contributed by atoms with Gasteiger partial charge in [-0.25, -0.2) is 9.59 Å². The van der Waals surface area contributed by atoms with Crippen molar-refractivity contribution in [1.29, 1.82) is 0 Å². The standard InChI is InChI=1S/C22H21NO7/c1-13-10-20(24)30-19-11-15(8-9-16(13)19)28-12-21(25)29-14(2)22(26)23-17-6-4-5-7-18(17)27-3/h4-11,14H,12H2,1-3H3,(H,23,26)/t14-/m1/s1. The molecule has 0 unspecified atom stereocenters. The van der Waals surface area contributed by atoms with Gasteiger partial charge in [0.15, 0.2) is 12.7 Å². The van der Waals surface area contributed by atoms with Crippen LogP contribution in [0.1, 0.15) is 12.5 Å². The number of ether oxygens (including phenoxy) is 3. The number of hydrogen-bond acceptors (Lipinski definition) is 7. The van der Waals surface area contributed by atoms with Crippen LogP contribution in [0.2, 0.25) is 0 Å². The summed E-state index contributed by atoms with van der Waals surface area (Å²) in [7, 11) is 1.49. The smallest absolute Gasteiger partial charge is 0.344 e.